The molecule has 3 rings (SSSR count). The van der Waals surface area contributed by atoms with E-state index in [0.717, 1.165) is 42.8 Å². The van der Waals surface area contributed by atoms with Crippen molar-refractivity contribution in [2.75, 3.05) is 39.1 Å². The van der Waals surface area contributed by atoms with Crippen LogP contribution < -0.4 is 4.90 Å². The molecule has 7 heteroatoms. The number of aromatic nitrogens is 3. The lowest BCUT2D eigenvalue weighted by atomic mass is 10.0. The highest BCUT2D eigenvalue weighted by Crippen LogP contribution is 2.27. The Balaban J connectivity index is 1.72. The van der Waals surface area contributed by atoms with Gasteiger partial charge in [0.05, 0.1) is 5.39 Å². The molecule has 1 saturated heterocycles. The Bertz CT molecular complexity index is 702. The van der Waals surface area contributed by atoms with Gasteiger partial charge in [-0.25, -0.2) is 14.8 Å². The molecule has 1 aliphatic rings. The van der Waals surface area contributed by atoms with Gasteiger partial charge in [-0.3, -0.25) is 0 Å². The van der Waals surface area contributed by atoms with Gasteiger partial charge in [-0.2, -0.15) is 0 Å². The molecule has 0 aliphatic carbocycles. The molecule has 0 saturated carbocycles. The fourth-order valence-electron chi connectivity index (χ4n) is 3.25. The zero-order chi connectivity index (χ0) is 16.6. The SMILES string of the molecule is CN(C)C(=O)N(C)C1CCN(c2ncnc3c2ccn3C)CC1. The Morgan fingerprint density at radius 2 is 1.91 bits per heavy atom. The predicted molar refractivity (Wildman–Crippen MR) is 90.6 cm³/mol. The smallest absolute Gasteiger partial charge is 0.319 e. The average molecular weight is 316 g/mol. The summed E-state index contributed by atoms with van der Waals surface area (Å²) in [6, 6.07) is 2.42. The summed E-state index contributed by atoms with van der Waals surface area (Å²) in [6.07, 6.45) is 5.55. The van der Waals surface area contributed by atoms with Gasteiger partial charge in [0, 0.05) is 53.5 Å². The predicted octanol–water partition coefficient (Wildman–Crippen LogP) is 1.55. The van der Waals surface area contributed by atoms with Crippen molar-refractivity contribution in [3.05, 3.63) is 18.6 Å². The average Bonchev–Trinajstić information content (AvgIpc) is 2.95. The number of hydrogen-bond acceptors (Lipinski definition) is 4. The Hall–Kier alpha value is -2.31. The minimum absolute atomic E-state index is 0.0657. The summed E-state index contributed by atoms with van der Waals surface area (Å²) >= 11 is 0. The highest BCUT2D eigenvalue weighted by molar-refractivity contribution is 5.87. The lowest BCUT2D eigenvalue weighted by Crippen LogP contribution is -2.48. The van der Waals surface area contributed by atoms with Crippen LogP contribution in [0.1, 0.15) is 12.8 Å². The van der Waals surface area contributed by atoms with Crippen molar-refractivity contribution in [1.82, 2.24) is 24.3 Å². The third-order valence-electron chi connectivity index (χ3n) is 4.64. The van der Waals surface area contributed by atoms with Gasteiger partial charge in [0.2, 0.25) is 0 Å². The van der Waals surface area contributed by atoms with E-state index >= 15 is 0 Å². The van der Waals surface area contributed by atoms with Crippen LogP contribution in [0.2, 0.25) is 0 Å². The van der Waals surface area contributed by atoms with Crippen molar-refractivity contribution in [3.63, 3.8) is 0 Å². The molecule has 0 aromatic carbocycles. The zero-order valence-electron chi connectivity index (χ0n) is 14.2. The minimum Gasteiger partial charge on any atom is -0.356 e. The van der Waals surface area contributed by atoms with E-state index < -0.39 is 0 Å². The molecular weight excluding hydrogens is 292 g/mol. The molecule has 0 radical (unpaired) electrons. The van der Waals surface area contributed by atoms with Gasteiger partial charge in [-0.05, 0) is 18.9 Å². The van der Waals surface area contributed by atoms with E-state index in [1.807, 2.05) is 29.8 Å². The van der Waals surface area contributed by atoms with Crippen molar-refractivity contribution in [2.24, 2.45) is 7.05 Å². The van der Waals surface area contributed by atoms with Gasteiger partial charge in [-0.15, -0.1) is 0 Å². The molecule has 2 aromatic heterocycles. The highest BCUT2D eigenvalue weighted by Gasteiger charge is 2.27. The molecular formula is C16H24N6O. The Labute approximate surface area is 136 Å². The van der Waals surface area contributed by atoms with Crippen LogP contribution in [0, 0.1) is 0 Å². The quantitative estimate of drug-likeness (QED) is 0.843. The van der Waals surface area contributed by atoms with Crippen molar-refractivity contribution in [2.45, 2.75) is 18.9 Å². The summed E-state index contributed by atoms with van der Waals surface area (Å²) in [5, 5.41) is 1.09. The molecule has 1 aliphatic heterocycles. The van der Waals surface area contributed by atoms with E-state index in [0.29, 0.717) is 0 Å². The Morgan fingerprint density at radius 1 is 1.22 bits per heavy atom. The van der Waals surface area contributed by atoms with Crippen LogP contribution in [0.3, 0.4) is 0 Å². The molecule has 0 bridgehead atoms. The Morgan fingerprint density at radius 3 is 2.57 bits per heavy atom. The van der Waals surface area contributed by atoms with Gasteiger partial charge in [0.15, 0.2) is 0 Å². The van der Waals surface area contributed by atoms with E-state index in [9.17, 15) is 4.79 Å². The molecule has 23 heavy (non-hydrogen) atoms. The number of urea groups is 1. The second-order valence-electron chi connectivity index (χ2n) is 6.37. The number of amides is 2. The van der Waals surface area contributed by atoms with Crippen molar-refractivity contribution >= 4 is 22.9 Å². The van der Waals surface area contributed by atoms with Gasteiger partial charge < -0.3 is 19.3 Å². The van der Waals surface area contributed by atoms with Crippen molar-refractivity contribution in [3.8, 4) is 0 Å². The van der Waals surface area contributed by atoms with E-state index in [1.54, 1.807) is 25.3 Å². The van der Waals surface area contributed by atoms with Crippen LogP contribution in [0.25, 0.3) is 11.0 Å². The standard InChI is InChI=1S/C16H24N6O/c1-19(2)16(23)21(4)12-5-9-22(10-6-12)15-13-7-8-20(3)14(13)17-11-18-15/h7-8,11-12H,5-6,9-10H2,1-4H3. The monoisotopic (exact) mass is 316 g/mol. The molecule has 0 N–H and O–H groups in total. The second-order valence-corrected chi connectivity index (χ2v) is 6.37. The van der Waals surface area contributed by atoms with Crippen molar-refractivity contribution < 1.29 is 4.79 Å². The largest absolute Gasteiger partial charge is 0.356 e. The number of carbonyl (C=O) groups excluding carboxylic acids is 1. The maximum absolute atomic E-state index is 12.1. The van der Waals surface area contributed by atoms with Crippen LogP contribution in [-0.2, 0) is 7.05 Å². The van der Waals surface area contributed by atoms with Crippen LogP contribution >= 0.6 is 0 Å². The normalized spacial score (nSPS) is 15.9. The third kappa shape index (κ3) is 2.83. The number of piperidine rings is 1. The van der Waals surface area contributed by atoms with Gasteiger partial charge >= 0.3 is 6.03 Å². The number of anilines is 1. The van der Waals surface area contributed by atoms with Gasteiger partial charge in [0.25, 0.3) is 0 Å². The van der Waals surface area contributed by atoms with Crippen LogP contribution in [0.15, 0.2) is 18.6 Å². The molecule has 1 fully saturated rings. The Kier molecular flexibility index (Phi) is 4.11. The molecule has 124 valence electrons. The van der Waals surface area contributed by atoms with Gasteiger partial charge in [-0.1, -0.05) is 0 Å². The molecule has 2 amide bonds. The number of nitrogens with zero attached hydrogens (tertiary/aromatic N) is 6. The van der Waals surface area contributed by atoms with Crippen LogP contribution in [-0.4, -0.2) is 70.6 Å². The van der Waals surface area contributed by atoms with E-state index in [4.69, 9.17) is 0 Å². The second kappa shape index (κ2) is 6.06. The topological polar surface area (TPSA) is 57.5 Å². The zero-order valence-corrected chi connectivity index (χ0v) is 14.2. The fourth-order valence-corrected chi connectivity index (χ4v) is 3.25. The number of aryl methyl sites for hydroxylation is 1. The molecule has 0 unspecified atom stereocenters. The maximum atomic E-state index is 12.1. The van der Waals surface area contributed by atoms with E-state index in [1.165, 1.54) is 0 Å². The summed E-state index contributed by atoms with van der Waals surface area (Å²) in [5.74, 6) is 0.996. The lowest BCUT2D eigenvalue weighted by Gasteiger charge is -2.38. The van der Waals surface area contributed by atoms with Crippen molar-refractivity contribution in [1.29, 1.82) is 0 Å². The number of hydrogen-bond donors (Lipinski definition) is 0. The fraction of sp³-hybridized carbons (Fsp3) is 0.562. The number of fused-ring (bicyclic) bond motifs is 1. The first-order valence-electron chi connectivity index (χ1n) is 7.94. The summed E-state index contributed by atoms with van der Waals surface area (Å²) < 4.78 is 2.01. The first-order chi connectivity index (χ1) is 11.0. The van der Waals surface area contributed by atoms with E-state index in [-0.39, 0.29) is 12.1 Å². The minimum atomic E-state index is 0.0657. The van der Waals surface area contributed by atoms with Crippen LogP contribution in [0.4, 0.5) is 10.6 Å². The summed E-state index contributed by atoms with van der Waals surface area (Å²) in [5.41, 5.74) is 0.956. The summed E-state index contributed by atoms with van der Waals surface area (Å²) in [7, 11) is 7.47. The molecule has 2 aromatic rings. The molecule has 0 atom stereocenters. The molecule has 7 nitrogen and oxygen atoms in total. The third-order valence-corrected chi connectivity index (χ3v) is 4.64. The lowest BCUT2D eigenvalue weighted by molar-refractivity contribution is 0.155. The first-order valence-corrected chi connectivity index (χ1v) is 7.94. The molecule has 0 spiro atoms. The molecule has 3 heterocycles. The highest BCUT2D eigenvalue weighted by atomic mass is 16.2. The first kappa shape index (κ1) is 15.6. The number of rotatable bonds is 2. The van der Waals surface area contributed by atoms with Gasteiger partial charge in [0.1, 0.15) is 17.8 Å². The summed E-state index contributed by atoms with van der Waals surface area (Å²) in [6.45, 7) is 1.80. The van der Waals surface area contributed by atoms with Crippen LogP contribution in [0.5, 0.6) is 0 Å². The number of carbonyl (C=O) groups is 1. The maximum Gasteiger partial charge on any atom is 0.319 e. The summed E-state index contributed by atoms with van der Waals surface area (Å²) in [4.78, 5) is 26.7. The van der Waals surface area contributed by atoms with E-state index in [2.05, 4.69) is 20.9 Å².